The van der Waals surface area contributed by atoms with Gasteiger partial charge in [0, 0.05) is 50.5 Å². The molecule has 2 aromatic carbocycles. The van der Waals surface area contributed by atoms with Crippen LogP contribution in [0.5, 0.6) is 0 Å². The lowest BCUT2D eigenvalue weighted by Crippen LogP contribution is -2.44. The predicted octanol–water partition coefficient (Wildman–Crippen LogP) is 3.71. The zero-order valence-corrected chi connectivity index (χ0v) is 16.2. The third kappa shape index (κ3) is 4.33. The first-order valence-corrected chi connectivity index (χ1v) is 10.1. The number of amides is 1. The van der Waals surface area contributed by atoms with Crippen LogP contribution in [0.25, 0.3) is 0 Å². The Morgan fingerprint density at radius 2 is 1.78 bits per heavy atom. The van der Waals surface area contributed by atoms with Crippen molar-refractivity contribution in [1.82, 2.24) is 4.90 Å². The molecular weight excluding hydrogens is 334 g/mol. The van der Waals surface area contributed by atoms with Crippen LogP contribution in [0, 0.1) is 0 Å². The molecule has 1 amide bonds. The summed E-state index contributed by atoms with van der Waals surface area (Å²) in [5.74, 6) is -0.0220. The monoisotopic (exact) mass is 363 g/mol. The zero-order valence-electron chi connectivity index (χ0n) is 16.2. The molecule has 4 rings (SSSR count). The lowest BCUT2D eigenvalue weighted by atomic mass is 10.0. The number of nitrogens with zero attached hydrogens (tertiary/aromatic N) is 2. The number of hydrogen-bond acceptors (Lipinski definition) is 3. The number of carbonyl (C=O) groups excluding carboxylic acids is 1. The van der Waals surface area contributed by atoms with Gasteiger partial charge in [0.25, 0.3) is 0 Å². The second kappa shape index (κ2) is 8.13. The molecule has 2 aromatic rings. The summed E-state index contributed by atoms with van der Waals surface area (Å²) in [5.41, 5.74) is 5.19. The molecule has 1 saturated heterocycles. The second-order valence-electron chi connectivity index (χ2n) is 7.77. The highest BCUT2D eigenvalue weighted by Gasteiger charge is 2.28. The van der Waals surface area contributed by atoms with E-state index in [1.807, 2.05) is 12.1 Å². The van der Waals surface area contributed by atoms with Crippen LogP contribution in [0.2, 0.25) is 0 Å². The van der Waals surface area contributed by atoms with E-state index in [0.717, 1.165) is 18.7 Å². The normalized spacial score (nSPS) is 17.7. The molecule has 2 heterocycles. The summed E-state index contributed by atoms with van der Waals surface area (Å²) in [7, 11) is 0. The Kier molecular flexibility index (Phi) is 5.44. The van der Waals surface area contributed by atoms with E-state index in [1.165, 1.54) is 62.6 Å². The van der Waals surface area contributed by atoms with Crippen molar-refractivity contribution in [2.75, 3.05) is 36.4 Å². The zero-order chi connectivity index (χ0) is 18.6. The van der Waals surface area contributed by atoms with Crippen LogP contribution in [-0.4, -0.2) is 43.0 Å². The van der Waals surface area contributed by atoms with Crippen molar-refractivity contribution in [3.63, 3.8) is 0 Å². The van der Waals surface area contributed by atoms with Crippen LogP contribution in [0.15, 0.2) is 48.5 Å². The SMILES string of the molecule is CC(=O)Nc1ccc(CCN2CCC(N3CCc4ccccc43)CC2)cc1. The predicted molar refractivity (Wildman–Crippen MR) is 111 cm³/mol. The van der Waals surface area contributed by atoms with Crippen LogP contribution in [0.4, 0.5) is 11.4 Å². The highest BCUT2D eigenvalue weighted by atomic mass is 16.1. The Bertz CT molecular complexity index is 778. The lowest BCUT2D eigenvalue weighted by Gasteiger charge is -2.38. The smallest absolute Gasteiger partial charge is 0.221 e. The first-order chi connectivity index (χ1) is 13.2. The highest BCUT2D eigenvalue weighted by Crippen LogP contribution is 2.32. The van der Waals surface area contributed by atoms with E-state index in [2.05, 4.69) is 51.5 Å². The number of benzene rings is 2. The molecule has 1 fully saturated rings. The maximum absolute atomic E-state index is 11.1. The van der Waals surface area contributed by atoms with Gasteiger partial charge in [-0.05, 0) is 55.0 Å². The van der Waals surface area contributed by atoms with E-state index in [4.69, 9.17) is 0 Å². The Labute approximate surface area is 162 Å². The van der Waals surface area contributed by atoms with Gasteiger partial charge in [-0.3, -0.25) is 4.79 Å². The molecule has 4 nitrogen and oxygen atoms in total. The number of likely N-dealkylation sites (tertiary alicyclic amines) is 1. The van der Waals surface area contributed by atoms with Crippen LogP contribution in [-0.2, 0) is 17.6 Å². The summed E-state index contributed by atoms with van der Waals surface area (Å²) in [4.78, 5) is 16.3. The van der Waals surface area contributed by atoms with Crippen LogP contribution < -0.4 is 10.2 Å². The molecular formula is C23H29N3O. The molecule has 0 unspecified atom stereocenters. The van der Waals surface area contributed by atoms with Gasteiger partial charge in [0.2, 0.25) is 5.91 Å². The first-order valence-electron chi connectivity index (χ1n) is 10.1. The van der Waals surface area contributed by atoms with Crippen molar-refractivity contribution < 1.29 is 4.79 Å². The first kappa shape index (κ1) is 18.1. The molecule has 0 radical (unpaired) electrons. The third-order valence-electron chi connectivity index (χ3n) is 5.91. The average molecular weight is 364 g/mol. The van der Waals surface area contributed by atoms with Gasteiger partial charge in [-0.15, -0.1) is 0 Å². The molecule has 0 spiro atoms. The van der Waals surface area contributed by atoms with Gasteiger partial charge in [0.05, 0.1) is 0 Å². The number of carbonyl (C=O) groups is 1. The maximum Gasteiger partial charge on any atom is 0.221 e. The highest BCUT2D eigenvalue weighted by molar-refractivity contribution is 5.88. The summed E-state index contributed by atoms with van der Waals surface area (Å²) in [6, 6.07) is 17.8. The van der Waals surface area contributed by atoms with Gasteiger partial charge in [-0.25, -0.2) is 0 Å². The van der Waals surface area contributed by atoms with Gasteiger partial charge in [-0.1, -0.05) is 30.3 Å². The van der Waals surface area contributed by atoms with Crippen molar-refractivity contribution >= 4 is 17.3 Å². The topological polar surface area (TPSA) is 35.6 Å². The number of rotatable bonds is 5. The number of hydrogen-bond donors (Lipinski definition) is 1. The molecule has 0 bridgehead atoms. The van der Waals surface area contributed by atoms with E-state index < -0.39 is 0 Å². The summed E-state index contributed by atoms with van der Waals surface area (Å²) in [6.07, 6.45) is 4.79. The molecule has 2 aliphatic rings. The van der Waals surface area contributed by atoms with Crippen molar-refractivity contribution in [3.05, 3.63) is 59.7 Å². The molecule has 142 valence electrons. The minimum Gasteiger partial charge on any atom is -0.368 e. The fourth-order valence-electron chi connectivity index (χ4n) is 4.44. The van der Waals surface area contributed by atoms with E-state index in [1.54, 1.807) is 0 Å². The van der Waals surface area contributed by atoms with Crippen LogP contribution in [0.1, 0.15) is 30.9 Å². The van der Waals surface area contributed by atoms with Crippen molar-refractivity contribution in [2.24, 2.45) is 0 Å². The largest absolute Gasteiger partial charge is 0.368 e. The van der Waals surface area contributed by atoms with Crippen molar-refractivity contribution in [3.8, 4) is 0 Å². The van der Waals surface area contributed by atoms with Gasteiger partial charge in [-0.2, -0.15) is 0 Å². The van der Waals surface area contributed by atoms with Crippen LogP contribution in [0.3, 0.4) is 0 Å². The quantitative estimate of drug-likeness (QED) is 0.879. The summed E-state index contributed by atoms with van der Waals surface area (Å²) in [6.45, 7) is 6.21. The Balaban J connectivity index is 1.25. The van der Waals surface area contributed by atoms with E-state index in [0.29, 0.717) is 6.04 Å². The molecule has 0 aliphatic carbocycles. The molecule has 27 heavy (non-hydrogen) atoms. The Morgan fingerprint density at radius 1 is 1.04 bits per heavy atom. The number of piperidine rings is 1. The number of para-hydroxylation sites is 1. The second-order valence-corrected chi connectivity index (χ2v) is 7.77. The lowest BCUT2D eigenvalue weighted by molar-refractivity contribution is -0.114. The Morgan fingerprint density at radius 3 is 2.52 bits per heavy atom. The average Bonchev–Trinajstić information content (AvgIpc) is 3.12. The number of nitrogens with one attached hydrogen (secondary N) is 1. The minimum atomic E-state index is -0.0220. The van der Waals surface area contributed by atoms with Crippen molar-refractivity contribution in [1.29, 1.82) is 0 Å². The molecule has 1 N–H and O–H groups in total. The van der Waals surface area contributed by atoms with Gasteiger partial charge >= 0.3 is 0 Å². The number of fused-ring (bicyclic) bond motifs is 1. The molecule has 0 saturated carbocycles. The van der Waals surface area contributed by atoms with Gasteiger partial charge < -0.3 is 15.1 Å². The van der Waals surface area contributed by atoms with E-state index in [9.17, 15) is 4.79 Å². The van der Waals surface area contributed by atoms with Crippen molar-refractivity contribution in [2.45, 2.75) is 38.6 Å². The Hall–Kier alpha value is -2.33. The minimum absolute atomic E-state index is 0.0220. The van der Waals surface area contributed by atoms with E-state index >= 15 is 0 Å². The summed E-state index contributed by atoms with van der Waals surface area (Å²) < 4.78 is 0. The standard InChI is InChI=1S/C23H29N3O/c1-18(27)24-21-8-6-19(7-9-21)10-14-25-15-12-22(13-16-25)26-17-11-20-4-2-3-5-23(20)26/h2-9,22H,10-17H2,1H3,(H,24,27). The molecule has 0 aromatic heterocycles. The van der Waals surface area contributed by atoms with Gasteiger partial charge in [0.1, 0.15) is 0 Å². The van der Waals surface area contributed by atoms with Gasteiger partial charge in [0.15, 0.2) is 0 Å². The van der Waals surface area contributed by atoms with Crippen LogP contribution >= 0.6 is 0 Å². The molecule has 2 aliphatic heterocycles. The fourth-order valence-corrected chi connectivity index (χ4v) is 4.44. The third-order valence-corrected chi connectivity index (χ3v) is 5.91. The molecule has 0 atom stereocenters. The fraction of sp³-hybridized carbons (Fsp3) is 0.435. The number of anilines is 2. The van der Waals surface area contributed by atoms with E-state index in [-0.39, 0.29) is 5.91 Å². The summed E-state index contributed by atoms with van der Waals surface area (Å²) >= 11 is 0. The maximum atomic E-state index is 11.1. The molecule has 4 heteroatoms. The summed E-state index contributed by atoms with van der Waals surface area (Å²) in [5, 5.41) is 2.82.